The maximum Gasteiger partial charge on any atom is 0.269 e. The predicted octanol–water partition coefficient (Wildman–Crippen LogP) is 3.19. The normalized spacial score (nSPS) is 13.9. The summed E-state index contributed by atoms with van der Waals surface area (Å²) in [6, 6.07) is 14.1. The van der Waals surface area contributed by atoms with E-state index in [1.807, 2.05) is 30.3 Å². The number of nitrogens with zero attached hydrogens (tertiary/aromatic N) is 2. The summed E-state index contributed by atoms with van der Waals surface area (Å²) in [6.07, 6.45) is 0.478. The van der Waals surface area contributed by atoms with Gasteiger partial charge in [-0.1, -0.05) is 24.3 Å². The molecule has 0 bridgehead atoms. The van der Waals surface area contributed by atoms with Crippen LogP contribution in [0.4, 0.5) is 11.4 Å². The number of ketones is 1. The molecular weight excluding hydrogens is 268 g/mol. The minimum Gasteiger partial charge on any atom is -0.366 e. The zero-order chi connectivity index (χ0) is 14.8. The summed E-state index contributed by atoms with van der Waals surface area (Å²) in [7, 11) is 0. The Morgan fingerprint density at radius 3 is 2.76 bits per heavy atom. The zero-order valence-electron chi connectivity index (χ0n) is 11.4. The number of para-hydroxylation sites is 1. The fraction of sp³-hybridized carbons (Fsp3) is 0.188. The molecule has 1 aliphatic rings. The van der Waals surface area contributed by atoms with Gasteiger partial charge >= 0.3 is 0 Å². The van der Waals surface area contributed by atoms with Crippen molar-refractivity contribution in [2.75, 3.05) is 11.4 Å². The molecule has 0 N–H and O–H groups in total. The lowest BCUT2D eigenvalue weighted by molar-refractivity contribution is -0.384. The minimum absolute atomic E-state index is 0.0915. The molecule has 0 amide bonds. The molecule has 0 aromatic heterocycles. The Labute approximate surface area is 122 Å². The number of carbonyl (C=O) groups excluding carboxylic acids is 1. The van der Waals surface area contributed by atoms with E-state index in [9.17, 15) is 14.9 Å². The van der Waals surface area contributed by atoms with E-state index in [0.29, 0.717) is 19.5 Å². The molecule has 5 nitrogen and oxygen atoms in total. The smallest absolute Gasteiger partial charge is 0.269 e. The number of hydrogen-bond acceptors (Lipinski definition) is 4. The molecule has 2 aromatic rings. The first kappa shape index (κ1) is 13.3. The third kappa shape index (κ3) is 2.63. The van der Waals surface area contributed by atoms with E-state index in [0.717, 1.165) is 16.8 Å². The predicted molar refractivity (Wildman–Crippen MR) is 79.5 cm³/mol. The van der Waals surface area contributed by atoms with Gasteiger partial charge in [-0.15, -0.1) is 0 Å². The Hall–Kier alpha value is -2.69. The summed E-state index contributed by atoms with van der Waals surface area (Å²) in [6.45, 7) is 1.20. The van der Waals surface area contributed by atoms with Crippen LogP contribution in [0, 0.1) is 10.1 Å². The quantitative estimate of drug-likeness (QED) is 0.640. The summed E-state index contributed by atoms with van der Waals surface area (Å²) < 4.78 is 0. The molecule has 1 aliphatic heterocycles. The number of Topliss-reactive ketones (excluding diaryl/α,β-unsaturated/α-hetero) is 1. The summed E-state index contributed by atoms with van der Waals surface area (Å²) >= 11 is 0. The Kier molecular flexibility index (Phi) is 3.39. The first-order valence-corrected chi connectivity index (χ1v) is 6.75. The van der Waals surface area contributed by atoms with Gasteiger partial charge in [0.1, 0.15) is 0 Å². The first-order valence-electron chi connectivity index (χ1n) is 6.75. The fourth-order valence-electron chi connectivity index (χ4n) is 2.63. The Morgan fingerprint density at radius 1 is 1.14 bits per heavy atom. The maximum atomic E-state index is 11.9. The highest BCUT2D eigenvalue weighted by Gasteiger charge is 2.22. The Morgan fingerprint density at radius 2 is 1.95 bits per heavy atom. The number of nitro benzene ring substituents is 1. The Bertz CT molecular complexity index is 712. The monoisotopic (exact) mass is 282 g/mol. The third-order valence-corrected chi connectivity index (χ3v) is 3.65. The molecule has 0 spiro atoms. The molecule has 0 radical (unpaired) electrons. The topological polar surface area (TPSA) is 63.5 Å². The van der Waals surface area contributed by atoms with E-state index in [4.69, 9.17) is 0 Å². The molecule has 2 aromatic carbocycles. The van der Waals surface area contributed by atoms with Crippen LogP contribution in [0.3, 0.4) is 0 Å². The van der Waals surface area contributed by atoms with Gasteiger partial charge < -0.3 is 4.90 Å². The van der Waals surface area contributed by atoms with Crippen molar-refractivity contribution in [3.63, 3.8) is 0 Å². The van der Waals surface area contributed by atoms with Gasteiger partial charge in [-0.25, -0.2) is 0 Å². The van der Waals surface area contributed by atoms with Crippen LogP contribution >= 0.6 is 0 Å². The molecule has 0 saturated heterocycles. The number of anilines is 1. The van der Waals surface area contributed by atoms with Crippen LogP contribution in [0.2, 0.25) is 0 Å². The van der Waals surface area contributed by atoms with E-state index in [1.54, 1.807) is 12.1 Å². The Balaban J connectivity index is 1.89. The van der Waals surface area contributed by atoms with Crippen molar-refractivity contribution < 1.29 is 9.72 Å². The first-order chi connectivity index (χ1) is 10.1. The summed E-state index contributed by atoms with van der Waals surface area (Å²) in [5.41, 5.74) is 2.59. The lowest BCUT2D eigenvalue weighted by Gasteiger charge is -2.30. The third-order valence-electron chi connectivity index (χ3n) is 3.65. The van der Waals surface area contributed by atoms with Gasteiger partial charge in [-0.2, -0.15) is 0 Å². The summed E-state index contributed by atoms with van der Waals surface area (Å²) in [4.78, 5) is 24.4. The highest BCUT2D eigenvalue weighted by Crippen LogP contribution is 2.28. The highest BCUT2D eigenvalue weighted by molar-refractivity contribution is 6.03. The number of carbonyl (C=O) groups is 1. The zero-order valence-corrected chi connectivity index (χ0v) is 11.4. The fourth-order valence-corrected chi connectivity index (χ4v) is 2.63. The second-order valence-electron chi connectivity index (χ2n) is 5.04. The molecule has 3 rings (SSSR count). The molecule has 5 heteroatoms. The lowest BCUT2D eigenvalue weighted by atomic mass is 10.00. The van der Waals surface area contributed by atoms with Crippen molar-refractivity contribution in [3.05, 3.63) is 69.8 Å². The molecule has 0 atom stereocenters. The number of hydrogen-bond donors (Lipinski definition) is 0. The number of nitro groups is 1. The number of rotatable bonds is 3. The van der Waals surface area contributed by atoms with E-state index in [-0.39, 0.29) is 11.5 Å². The molecule has 0 saturated carbocycles. The van der Waals surface area contributed by atoms with Gasteiger partial charge in [-0.3, -0.25) is 14.9 Å². The number of non-ortho nitro benzene ring substituents is 1. The van der Waals surface area contributed by atoms with Gasteiger partial charge in [-0.05, 0) is 17.7 Å². The van der Waals surface area contributed by atoms with E-state index in [1.165, 1.54) is 6.07 Å². The van der Waals surface area contributed by atoms with Gasteiger partial charge in [0, 0.05) is 42.9 Å². The maximum absolute atomic E-state index is 11.9. The molecule has 106 valence electrons. The van der Waals surface area contributed by atoms with E-state index in [2.05, 4.69) is 4.90 Å². The van der Waals surface area contributed by atoms with Crippen LogP contribution in [-0.4, -0.2) is 17.3 Å². The molecular formula is C16H14N2O3. The van der Waals surface area contributed by atoms with Crippen molar-refractivity contribution in [2.45, 2.75) is 13.0 Å². The van der Waals surface area contributed by atoms with Crippen LogP contribution < -0.4 is 4.90 Å². The molecule has 21 heavy (non-hydrogen) atoms. The van der Waals surface area contributed by atoms with Crippen LogP contribution in [0.15, 0.2) is 48.5 Å². The second kappa shape index (κ2) is 5.36. The number of benzene rings is 2. The molecule has 1 heterocycles. The van der Waals surface area contributed by atoms with Crippen molar-refractivity contribution in [1.29, 1.82) is 0 Å². The average Bonchev–Trinajstić information content (AvgIpc) is 2.51. The van der Waals surface area contributed by atoms with Crippen molar-refractivity contribution in [3.8, 4) is 0 Å². The van der Waals surface area contributed by atoms with Crippen molar-refractivity contribution in [2.24, 2.45) is 0 Å². The van der Waals surface area contributed by atoms with E-state index < -0.39 is 4.92 Å². The van der Waals surface area contributed by atoms with Crippen molar-refractivity contribution in [1.82, 2.24) is 0 Å². The molecule has 0 aliphatic carbocycles. The minimum atomic E-state index is -0.392. The average molecular weight is 282 g/mol. The summed E-state index contributed by atoms with van der Waals surface area (Å²) in [5.74, 6) is 0.154. The number of fused-ring (bicyclic) bond motifs is 1. The van der Waals surface area contributed by atoms with Gasteiger partial charge in [0.2, 0.25) is 0 Å². The standard InChI is InChI=1S/C16H14N2O3/c19-16-8-9-17(15-7-2-1-6-14(15)16)11-12-4-3-5-13(10-12)18(20)21/h1-7,10H,8-9,11H2. The van der Waals surface area contributed by atoms with Crippen LogP contribution in [0.5, 0.6) is 0 Å². The van der Waals surface area contributed by atoms with Gasteiger partial charge in [0.25, 0.3) is 5.69 Å². The SMILES string of the molecule is O=C1CCN(Cc2cccc([N+](=O)[O-])c2)c2ccccc21. The van der Waals surface area contributed by atoms with Gasteiger partial charge in [0.15, 0.2) is 5.78 Å². The second-order valence-corrected chi connectivity index (χ2v) is 5.04. The highest BCUT2D eigenvalue weighted by atomic mass is 16.6. The lowest BCUT2D eigenvalue weighted by Crippen LogP contribution is -2.31. The summed E-state index contributed by atoms with van der Waals surface area (Å²) in [5, 5.41) is 10.8. The van der Waals surface area contributed by atoms with Crippen LogP contribution in [-0.2, 0) is 6.54 Å². The molecule has 0 unspecified atom stereocenters. The largest absolute Gasteiger partial charge is 0.366 e. The van der Waals surface area contributed by atoms with Gasteiger partial charge in [0.05, 0.1) is 4.92 Å². The van der Waals surface area contributed by atoms with Crippen molar-refractivity contribution >= 4 is 17.2 Å². The molecule has 0 fully saturated rings. The van der Waals surface area contributed by atoms with E-state index >= 15 is 0 Å². The van der Waals surface area contributed by atoms with Crippen LogP contribution in [0.25, 0.3) is 0 Å². The van der Waals surface area contributed by atoms with Crippen LogP contribution in [0.1, 0.15) is 22.3 Å².